The van der Waals surface area contributed by atoms with Crippen molar-refractivity contribution in [3.63, 3.8) is 0 Å². The maximum Gasteiger partial charge on any atom is 0.392 e. The number of hydrogen-bond acceptors (Lipinski definition) is 3. The molecule has 1 atom stereocenters. The van der Waals surface area contributed by atoms with E-state index in [1.165, 1.54) is 6.20 Å². The van der Waals surface area contributed by atoms with Gasteiger partial charge < -0.3 is 5.32 Å². The summed E-state index contributed by atoms with van der Waals surface area (Å²) in [6.45, 7) is 5.87. The van der Waals surface area contributed by atoms with Gasteiger partial charge in [-0.05, 0) is 43.9 Å². The summed E-state index contributed by atoms with van der Waals surface area (Å²) in [5.41, 5.74) is 3.27. The van der Waals surface area contributed by atoms with Gasteiger partial charge in [0.1, 0.15) is 0 Å². The average molecular weight is 427 g/mol. The minimum absolute atomic E-state index is 0.0177. The van der Waals surface area contributed by atoms with Gasteiger partial charge in [-0.1, -0.05) is 36.9 Å². The van der Waals surface area contributed by atoms with Gasteiger partial charge in [0.15, 0.2) is 0 Å². The molecule has 0 saturated heterocycles. The predicted molar refractivity (Wildman–Crippen MR) is 118 cm³/mol. The molecule has 1 aromatic heterocycles. The Balaban J connectivity index is 1.75. The Labute approximate surface area is 179 Å². The summed E-state index contributed by atoms with van der Waals surface area (Å²) >= 11 is 0. The number of rotatable bonds is 6. The number of amides is 1. The number of carbonyl (C=O) groups is 1. The number of fused-ring (bicyclic) bond motifs is 1. The van der Waals surface area contributed by atoms with E-state index in [2.05, 4.69) is 21.9 Å². The van der Waals surface area contributed by atoms with Crippen LogP contribution in [0.4, 0.5) is 13.2 Å². The molecule has 0 bridgehead atoms. The number of nitrogens with zero attached hydrogens (tertiary/aromatic N) is 2. The Hall–Kier alpha value is -3.22. The van der Waals surface area contributed by atoms with Gasteiger partial charge in [-0.2, -0.15) is 13.2 Å². The molecule has 0 fully saturated rings. The van der Waals surface area contributed by atoms with Crippen LogP contribution in [0.25, 0.3) is 16.5 Å². The second-order valence-corrected chi connectivity index (χ2v) is 7.40. The molecule has 162 valence electrons. The number of nitrogens with one attached hydrogen (secondary N) is 1. The molecule has 31 heavy (non-hydrogen) atoms. The van der Waals surface area contributed by atoms with Crippen LogP contribution in [0.3, 0.4) is 0 Å². The number of benzene rings is 1. The molecule has 0 spiro atoms. The first-order chi connectivity index (χ1) is 14.8. The summed E-state index contributed by atoms with van der Waals surface area (Å²) in [5.74, 6) is -1.58. The van der Waals surface area contributed by atoms with Crippen molar-refractivity contribution in [1.82, 2.24) is 10.3 Å². The molecule has 1 aliphatic carbocycles. The van der Waals surface area contributed by atoms with Crippen LogP contribution in [-0.4, -0.2) is 29.8 Å². The summed E-state index contributed by atoms with van der Waals surface area (Å²) in [6, 6.07) is 7.26. The van der Waals surface area contributed by atoms with Crippen LogP contribution in [-0.2, 0) is 0 Å². The van der Waals surface area contributed by atoms with Crippen molar-refractivity contribution in [2.75, 3.05) is 6.54 Å². The van der Waals surface area contributed by atoms with E-state index >= 15 is 0 Å². The Kier molecular flexibility index (Phi) is 7.05. The second kappa shape index (κ2) is 9.73. The van der Waals surface area contributed by atoms with Gasteiger partial charge in [0.05, 0.1) is 29.2 Å². The number of aromatic nitrogens is 1. The van der Waals surface area contributed by atoms with Gasteiger partial charge in [0.2, 0.25) is 0 Å². The van der Waals surface area contributed by atoms with Gasteiger partial charge in [-0.25, -0.2) is 0 Å². The minimum Gasteiger partial charge on any atom is -0.346 e. The lowest BCUT2D eigenvalue weighted by molar-refractivity contribution is -0.175. The van der Waals surface area contributed by atoms with Crippen LogP contribution in [0, 0.1) is 5.92 Å². The first kappa shape index (κ1) is 22.5. The fourth-order valence-electron chi connectivity index (χ4n) is 3.48. The molecule has 1 aromatic carbocycles. The topological polar surface area (TPSA) is 54.4 Å². The van der Waals surface area contributed by atoms with E-state index in [0.29, 0.717) is 23.2 Å². The Morgan fingerprint density at radius 3 is 2.87 bits per heavy atom. The molecule has 4 nitrogen and oxygen atoms in total. The lowest BCUT2D eigenvalue weighted by Crippen LogP contribution is -2.25. The molecule has 0 radical (unpaired) electrons. The van der Waals surface area contributed by atoms with E-state index in [9.17, 15) is 18.0 Å². The third-order valence-corrected chi connectivity index (χ3v) is 5.18. The Morgan fingerprint density at radius 1 is 1.39 bits per heavy atom. The molecule has 0 saturated carbocycles. The summed E-state index contributed by atoms with van der Waals surface area (Å²) in [7, 11) is 0. The van der Waals surface area contributed by atoms with E-state index < -0.39 is 12.1 Å². The number of hydrogen-bond donors (Lipinski definition) is 1. The van der Waals surface area contributed by atoms with E-state index in [-0.39, 0.29) is 25.3 Å². The smallest absolute Gasteiger partial charge is 0.346 e. The SMILES string of the molecule is C=C(CNC(=O)c1cnc2c(C3=CCC(C(F)(F)F)CC3)cccc2c1)N=C/C=C\C. The summed E-state index contributed by atoms with van der Waals surface area (Å²) in [4.78, 5) is 21.0. The highest BCUT2D eigenvalue weighted by molar-refractivity contribution is 5.99. The standard InChI is InChI=1S/C24H24F3N3O/c1-3-4-12-28-16(2)14-30-23(31)19-13-18-6-5-7-21(22(18)29-15-19)17-8-10-20(11-9-17)24(25,26)27/h3-8,12-13,15,20H,2,9-11,14H2,1H3,(H,30,31)/b4-3-,28-12?. The van der Waals surface area contributed by atoms with Gasteiger partial charge in [0, 0.05) is 23.4 Å². The quantitative estimate of drug-likeness (QED) is 0.586. The maximum atomic E-state index is 12.9. The number of alkyl halides is 3. The molecule has 0 aliphatic heterocycles. The normalized spacial score (nSPS) is 17.3. The fourth-order valence-corrected chi connectivity index (χ4v) is 3.48. The van der Waals surface area contributed by atoms with Crippen molar-refractivity contribution in [1.29, 1.82) is 0 Å². The van der Waals surface area contributed by atoms with E-state index in [1.54, 1.807) is 24.4 Å². The highest BCUT2D eigenvalue weighted by Crippen LogP contribution is 2.40. The first-order valence-electron chi connectivity index (χ1n) is 10.1. The predicted octanol–water partition coefficient (Wildman–Crippen LogP) is 5.87. The molecular formula is C24H24F3N3O. The Morgan fingerprint density at radius 2 is 2.19 bits per heavy atom. The van der Waals surface area contributed by atoms with E-state index in [4.69, 9.17) is 0 Å². The summed E-state index contributed by atoms with van der Waals surface area (Å²) < 4.78 is 38.8. The maximum absolute atomic E-state index is 12.9. The van der Waals surface area contributed by atoms with Gasteiger partial charge in [-0.15, -0.1) is 0 Å². The summed E-state index contributed by atoms with van der Waals surface area (Å²) in [5, 5.41) is 3.51. The highest BCUT2D eigenvalue weighted by Gasteiger charge is 2.39. The largest absolute Gasteiger partial charge is 0.392 e. The molecular weight excluding hydrogens is 403 g/mol. The van der Waals surface area contributed by atoms with Crippen molar-refractivity contribution in [3.05, 3.63) is 72.1 Å². The monoisotopic (exact) mass is 427 g/mol. The zero-order chi connectivity index (χ0) is 22.4. The molecule has 1 amide bonds. The fraction of sp³-hybridized carbons (Fsp3) is 0.292. The van der Waals surface area contributed by atoms with Crippen molar-refractivity contribution >= 4 is 28.6 Å². The zero-order valence-electron chi connectivity index (χ0n) is 17.2. The third-order valence-electron chi connectivity index (χ3n) is 5.18. The number of aliphatic imine (C=N–C) groups is 1. The zero-order valence-corrected chi connectivity index (χ0v) is 17.2. The lowest BCUT2D eigenvalue weighted by Gasteiger charge is -2.24. The van der Waals surface area contributed by atoms with Crippen LogP contribution in [0.1, 0.15) is 42.1 Å². The Bertz CT molecular complexity index is 1070. The number of halogens is 3. The van der Waals surface area contributed by atoms with Crippen LogP contribution in [0.2, 0.25) is 0 Å². The van der Waals surface area contributed by atoms with Crippen molar-refractivity contribution < 1.29 is 18.0 Å². The third kappa shape index (κ3) is 5.69. The molecule has 1 N–H and O–H groups in total. The molecule has 7 heteroatoms. The van der Waals surface area contributed by atoms with Crippen LogP contribution in [0.15, 0.2) is 66.0 Å². The van der Waals surface area contributed by atoms with Gasteiger partial charge in [-0.3, -0.25) is 14.8 Å². The second-order valence-electron chi connectivity index (χ2n) is 7.40. The molecule has 1 aliphatic rings. The molecule has 3 rings (SSSR count). The van der Waals surface area contributed by atoms with Crippen LogP contribution >= 0.6 is 0 Å². The molecule has 1 heterocycles. The number of allylic oxidation sites excluding steroid dienone is 4. The molecule has 2 aromatic rings. The van der Waals surface area contributed by atoms with Crippen molar-refractivity contribution in [2.45, 2.75) is 32.4 Å². The minimum atomic E-state index is -4.16. The highest BCUT2D eigenvalue weighted by atomic mass is 19.4. The summed E-state index contributed by atoms with van der Waals surface area (Å²) in [6.07, 6.45) is 4.60. The number of pyridine rings is 1. The number of para-hydroxylation sites is 1. The van der Waals surface area contributed by atoms with E-state index in [1.807, 2.05) is 31.2 Å². The van der Waals surface area contributed by atoms with Crippen molar-refractivity contribution in [2.24, 2.45) is 10.9 Å². The van der Waals surface area contributed by atoms with Gasteiger partial charge >= 0.3 is 6.18 Å². The van der Waals surface area contributed by atoms with E-state index in [0.717, 1.165) is 16.5 Å². The van der Waals surface area contributed by atoms with Crippen LogP contribution in [0.5, 0.6) is 0 Å². The van der Waals surface area contributed by atoms with Crippen molar-refractivity contribution in [3.8, 4) is 0 Å². The van der Waals surface area contributed by atoms with Gasteiger partial charge in [0.25, 0.3) is 5.91 Å². The van der Waals surface area contributed by atoms with Crippen LogP contribution < -0.4 is 5.32 Å². The molecule has 1 unspecified atom stereocenters. The lowest BCUT2D eigenvalue weighted by atomic mass is 9.85. The average Bonchev–Trinajstić information content (AvgIpc) is 2.76. The number of carbonyl (C=O) groups excluding carboxylic acids is 1. The first-order valence-corrected chi connectivity index (χ1v) is 10.1.